The molecule has 1 saturated heterocycles. The van der Waals surface area contributed by atoms with E-state index in [-0.39, 0.29) is 11.5 Å². The molecule has 0 aliphatic carbocycles. The van der Waals surface area contributed by atoms with E-state index < -0.39 is 0 Å². The Morgan fingerprint density at radius 3 is 2.59 bits per heavy atom. The van der Waals surface area contributed by atoms with Crippen LogP contribution in [0.4, 0.5) is 5.13 Å². The predicted molar refractivity (Wildman–Crippen MR) is 103 cm³/mol. The second kappa shape index (κ2) is 7.01. The summed E-state index contributed by atoms with van der Waals surface area (Å²) in [6, 6.07) is 4.09. The molecule has 2 aromatic rings. The monoisotopic (exact) mass is 389 g/mol. The summed E-state index contributed by atoms with van der Waals surface area (Å²) < 4.78 is 17.2. The normalized spacial score (nSPS) is 18.2. The Morgan fingerprint density at radius 1 is 1.26 bits per heavy atom. The SMILES string of the molecule is COc1cc2c(cc1OC)C1(CCN(C(=O)c3cnc(N)s3)CC1)OCC2. The number of ether oxygens (including phenoxy) is 3. The average molecular weight is 389 g/mol. The van der Waals surface area contributed by atoms with Crippen molar-refractivity contribution in [2.24, 2.45) is 0 Å². The summed E-state index contributed by atoms with van der Waals surface area (Å²) in [4.78, 5) is 19.1. The maximum absolute atomic E-state index is 12.7. The van der Waals surface area contributed by atoms with E-state index in [9.17, 15) is 4.79 Å². The van der Waals surface area contributed by atoms with Crippen molar-refractivity contribution < 1.29 is 19.0 Å². The van der Waals surface area contributed by atoms with Crippen molar-refractivity contribution in [3.63, 3.8) is 0 Å². The Bertz CT molecular complexity index is 859. The number of anilines is 1. The third-order valence-electron chi connectivity index (χ3n) is 5.44. The number of nitrogens with zero attached hydrogens (tertiary/aromatic N) is 2. The van der Waals surface area contributed by atoms with Crippen molar-refractivity contribution in [3.05, 3.63) is 34.3 Å². The maximum atomic E-state index is 12.7. The zero-order valence-electron chi connectivity index (χ0n) is 15.5. The fourth-order valence-electron chi connectivity index (χ4n) is 4.01. The zero-order valence-corrected chi connectivity index (χ0v) is 16.3. The van der Waals surface area contributed by atoms with Gasteiger partial charge in [-0.05, 0) is 42.5 Å². The van der Waals surface area contributed by atoms with Crippen LogP contribution in [0.5, 0.6) is 11.5 Å². The molecule has 0 atom stereocenters. The summed E-state index contributed by atoms with van der Waals surface area (Å²) in [6.07, 6.45) is 3.89. The number of hydrogen-bond acceptors (Lipinski definition) is 7. The molecule has 2 aliphatic rings. The van der Waals surface area contributed by atoms with Crippen molar-refractivity contribution >= 4 is 22.4 Å². The van der Waals surface area contributed by atoms with E-state index in [0.29, 0.717) is 35.5 Å². The molecule has 4 rings (SSSR count). The van der Waals surface area contributed by atoms with Gasteiger partial charge >= 0.3 is 0 Å². The molecular weight excluding hydrogens is 366 g/mol. The summed E-state index contributed by atoms with van der Waals surface area (Å²) in [7, 11) is 3.29. The largest absolute Gasteiger partial charge is 0.493 e. The minimum Gasteiger partial charge on any atom is -0.493 e. The zero-order chi connectivity index (χ0) is 19.0. The third-order valence-corrected chi connectivity index (χ3v) is 6.26. The highest BCUT2D eigenvalue weighted by atomic mass is 32.1. The first kappa shape index (κ1) is 18.1. The lowest BCUT2D eigenvalue weighted by Crippen LogP contribution is -2.48. The van der Waals surface area contributed by atoms with E-state index in [4.69, 9.17) is 19.9 Å². The number of nitrogens with two attached hydrogens (primary N) is 1. The first-order valence-corrected chi connectivity index (χ1v) is 9.78. The van der Waals surface area contributed by atoms with Crippen LogP contribution in [0, 0.1) is 0 Å². The molecule has 2 N–H and O–H groups in total. The number of carbonyl (C=O) groups is 1. The molecule has 7 nitrogen and oxygen atoms in total. The first-order valence-electron chi connectivity index (χ1n) is 8.96. The van der Waals surface area contributed by atoms with Crippen LogP contribution in [-0.2, 0) is 16.8 Å². The van der Waals surface area contributed by atoms with E-state index in [1.807, 2.05) is 11.0 Å². The second-order valence-corrected chi connectivity index (χ2v) is 7.87. The smallest absolute Gasteiger partial charge is 0.265 e. The van der Waals surface area contributed by atoms with Gasteiger partial charge in [-0.1, -0.05) is 11.3 Å². The van der Waals surface area contributed by atoms with Gasteiger partial charge in [0.05, 0.1) is 32.6 Å². The van der Waals surface area contributed by atoms with Crippen molar-refractivity contribution in [1.29, 1.82) is 0 Å². The number of amides is 1. The van der Waals surface area contributed by atoms with Gasteiger partial charge in [0.1, 0.15) is 4.88 Å². The van der Waals surface area contributed by atoms with Crippen LogP contribution in [0.25, 0.3) is 0 Å². The Balaban J connectivity index is 1.57. The molecule has 0 unspecified atom stereocenters. The Labute approximate surface area is 162 Å². The summed E-state index contributed by atoms with van der Waals surface area (Å²) in [6.45, 7) is 1.93. The van der Waals surface area contributed by atoms with Gasteiger partial charge in [0.25, 0.3) is 5.91 Å². The number of rotatable bonds is 3. The van der Waals surface area contributed by atoms with Gasteiger partial charge in [0.15, 0.2) is 16.6 Å². The molecule has 1 spiro atoms. The van der Waals surface area contributed by atoms with Crippen LogP contribution in [-0.4, -0.2) is 49.7 Å². The summed E-state index contributed by atoms with van der Waals surface area (Å²) >= 11 is 1.23. The lowest BCUT2D eigenvalue weighted by molar-refractivity contribution is -0.0936. The lowest BCUT2D eigenvalue weighted by Gasteiger charge is -2.45. The van der Waals surface area contributed by atoms with Gasteiger partial charge in [0.2, 0.25) is 0 Å². The summed E-state index contributed by atoms with van der Waals surface area (Å²) in [5, 5.41) is 0.414. The van der Waals surface area contributed by atoms with Gasteiger partial charge in [-0.25, -0.2) is 4.98 Å². The van der Waals surface area contributed by atoms with Crippen molar-refractivity contribution in [1.82, 2.24) is 9.88 Å². The van der Waals surface area contributed by atoms with Crippen molar-refractivity contribution in [2.45, 2.75) is 24.9 Å². The molecule has 1 aromatic carbocycles. The first-order chi connectivity index (χ1) is 13.1. The summed E-state index contributed by atoms with van der Waals surface area (Å²) in [5.74, 6) is 1.44. The minimum absolute atomic E-state index is 0.0117. The fraction of sp³-hybridized carbons (Fsp3) is 0.474. The van der Waals surface area contributed by atoms with Crippen molar-refractivity contribution in [3.8, 4) is 11.5 Å². The molecule has 0 bridgehead atoms. The number of fused-ring (bicyclic) bond motifs is 2. The van der Waals surface area contributed by atoms with Gasteiger partial charge in [-0.3, -0.25) is 4.79 Å². The maximum Gasteiger partial charge on any atom is 0.265 e. The fourth-order valence-corrected chi connectivity index (χ4v) is 4.67. The number of hydrogen-bond donors (Lipinski definition) is 1. The molecule has 3 heterocycles. The Kier molecular flexibility index (Phi) is 4.69. The quantitative estimate of drug-likeness (QED) is 0.868. The van der Waals surface area contributed by atoms with E-state index in [1.54, 1.807) is 20.4 Å². The highest BCUT2D eigenvalue weighted by Gasteiger charge is 2.42. The van der Waals surface area contributed by atoms with E-state index in [1.165, 1.54) is 16.9 Å². The molecule has 0 radical (unpaired) electrons. The predicted octanol–water partition coefficient (Wildman–Crippen LogP) is 2.45. The van der Waals surface area contributed by atoms with Crippen LogP contribution < -0.4 is 15.2 Å². The molecule has 1 amide bonds. The highest BCUT2D eigenvalue weighted by Crippen LogP contribution is 2.45. The van der Waals surface area contributed by atoms with Crippen LogP contribution in [0.15, 0.2) is 18.3 Å². The topological polar surface area (TPSA) is 86.9 Å². The van der Waals surface area contributed by atoms with E-state index in [2.05, 4.69) is 11.1 Å². The van der Waals surface area contributed by atoms with Gasteiger partial charge in [0, 0.05) is 13.1 Å². The number of carbonyl (C=O) groups excluding carboxylic acids is 1. The molecule has 8 heteroatoms. The number of methoxy groups -OCH3 is 2. The molecule has 1 aromatic heterocycles. The standard InChI is InChI=1S/C19H23N3O4S/c1-24-14-9-12-3-8-26-19(13(12)10-15(14)25-2)4-6-22(7-5-19)17(23)16-11-21-18(20)27-16/h9-11H,3-8H2,1-2H3,(H2,20,21). The molecule has 0 saturated carbocycles. The average Bonchev–Trinajstić information content (AvgIpc) is 3.14. The van der Waals surface area contributed by atoms with Crippen LogP contribution in [0.2, 0.25) is 0 Å². The molecular formula is C19H23N3O4S. The van der Waals surface area contributed by atoms with Gasteiger partial charge < -0.3 is 24.8 Å². The number of thiazole rings is 1. The number of nitrogen functional groups attached to an aromatic ring is 1. The lowest BCUT2D eigenvalue weighted by atomic mass is 9.79. The second-order valence-electron chi connectivity index (χ2n) is 6.81. The number of likely N-dealkylation sites (tertiary alicyclic amines) is 1. The Hall–Kier alpha value is -2.32. The third kappa shape index (κ3) is 3.12. The van der Waals surface area contributed by atoms with Gasteiger partial charge in [-0.2, -0.15) is 0 Å². The van der Waals surface area contributed by atoms with Gasteiger partial charge in [-0.15, -0.1) is 0 Å². The summed E-state index contributed by atoms with van der Waals surface area (Å²) in [5.41, 5.74) is 7.66. The minimum atomic E-state index is -0.378. The number of benzene rings is 1. The van der Waals surface area contributed by atoms with Crippen LogP contribution in [0.3, 0.4) is 0 Å². The molecule has 1 fully saturated rings. The van der Waals surface area contributed by atoms with Crippen molar-refractivity contribution in [2.75, 3.05) is 39.6 Å². The highest BCUT2D eigenvalue weighted by molar-refractivity contribution is 7.17. The molecule has 27 heavy (non-hydrogen) atoms. The Morgan fingerprint density at radius 2 is 1.96 bits per heavy atom. The molecule has 2 aliphatic heterocycles. The van der Waals surface area contributed by atoms with E-state index >= 15 is 0 Å². The number of piperidine rings is 1. The van der Waals surface area contributed by atoms with Crippen LogP contribution in [0.1, 0.15) is 33.6 Å². The number of aromatic nitrogens is 1. The molecule has 144 valence electrons. The van der Waals surface area contributed by atoms with E-state index in [0.717, 1.165) is 30.6 Å². The van der Waals surface area contributed by atoms with Crippen LogP contribution >= 0.6 is 11.3 Å².